The molecule has 82 valence electrons. The minimum Gasteiger partial charge on any atom is -0.270 e. The summed E-state index contributed by atoms with van der Waals surface area (Å²) in [4.78, 5) is 0. The summed E-state index contributed by atoms with van der Waals surface area (Å²) in [5, 5.41) is 21.3. The van der Waals surface area contributed by atoms with Gasteiger partial charge in [-0.2, -0.15) is 10.5 Å². The average Bonchev–Trinajstić information content (AvgIpc) is 2.75. The van der Waals surface area contributed by atoms with Crippen molar-refractivity contribution in [2.45, 2.75) is 0 Å². The molecule has 0 bridgehead atoms. The van der Waals surface area contributed by atoms with E-state index in [-0.39, 0.29) is 5.57 Å². The Labute approximate surface area is 103 Å². The molecule has 5 heteroatoms. The van der Waals surface area contributed by atoms with Crippen molar-refractivity contribution in [2.24, 2.45) is 5.84 Å². The maximum atomic E-state index is 8.81. The van der Waals surface area contributed by atoms with Crippen molar-refractivity contribution in [1.29, 1.82) is 10.5 Å². The van der Waals surface area contributed by atoms with Crippen LogP contribution in [0.15, 0.2) is 46.3 Å². The summed E-state index contributed by atoms with van der Waals surface area (Å²) in [6.45, 7) is 0. The summed E-state index contributed by atoms with van der Waals surface area (Å²) < 4.78 is 0. The van der Waals surface area contributed by atoms with Crippen LogP contribution in [-0.2, 0) is 0 Å². The van der Waals surface area contributed by atoms with Gasteiger partial charge in [0.05, 0.1) is 5.70 Å². The van der Waals surface area contributed by atoms with Gasteiger partial charge in [0.15, 0.2) is 5.57 Å². The molecular weight excluding hydrogens is 232 g/mol. The van der Waals surface area contributed by atoms with Gasteiger partial charge in [0.2, 0.25) is 0 Å². The second-order valence-electron chi connectivity index (χ2n) is 3.26. The first-order chi connectivity index (χ1) is 8.27. The Hall–Kier alpha value is -2.21. The molecule has 0 saturated heterocycles. The fourth-order valence-electron chi connectivity index (χ4n) is 1.45. The minimum absolute atomic E-state index is 0.0275. The van der Waals surface area contributed by atoms with Crippen molar-refractivity contribution < 1.29 is 0 Å². The number of benzene rings is 1. The Bertz CT molecular complexity index is 559. The molecule has 0 amide bonds. The third-order valence-corrected chi connectivity index (χ3v) is 3.23. The van der Waals surface area contributed by atoms with Gasteiger partial charge >= 0.3 is 0 Å². The molecule has 1 aromatic carbocycles. The molecule has 0 atom stereocenters. The molecule has 0 fully saturated rings. The molecule has 1 aliphatic rings. The van der Waals surface area contributed by atoms with Gasteiger partial charge in [-0.05, 0) is 0 Å². The lowest BCUT2D eigenvalue weighted by atomic mass is 10.2. The van der Waals surface area contributed by atoms with Crippen molar-refractivity contribution in [3.63, 3.8) is 0 Å². The first-order valence-electron chi connectivity index (χ1n) is 4.79. The van der Waals surface area contributed by atoms with Crippen LogP contribution in [0.3, 0.4) is 0 Å². The lowest BCUT2D eigenvalue weighted by Crippen LogP contribution is -2.25. The van der Waals surface area contributed by atoms with E-state index in [4.69, 9.17) is 16.4 Å². The summed E-state index contributed by atoms with van der Waals surface area (Å²) in [5.41, 5.74) is 1.76. The highest BCUT2D eigenvalue weighted by molar-refractivity contribution is 8.06. The van der Waals surface area contributed by atoms with Crippen LogP contribution < -0.4 is 5.84 Å². The number of hydrogen-bond acceptors (Lipinski definition) is 5. The highest BCUT2D eigenvalue weighted by atomic mass is 32.2. The molecular formula is C12H8N4S. The number of nitrogens with zero attached hydrogens (tertiary/aromatic N) is 3. The highest BCUT2D eigenvalue weighted by Crippen LogP contribution is 2.38. The quantitative estimate of drug-likeness (QED) is 0.601. The largest absolute Gasteiger partial charge is 0.270 e. The van der Waals surface area contributed by atoms with Crippen LogP contribution in [0.1, 0.15) is 5.56 Å². The molecule has 17 heavy (non-hydrogen) atoms. The van der Waals surface area contributed by atoms with Gasteiger partial charge in [-0.25, -0.2) is 5.84 Å². The molecule has 0 unspecified atom stereocenters. The monoisotopic (exact) mass is 240 g/mol. The normalized spacial score (nSPS) is 13.9. The van der Waals surface area contributed by atoms with Crippen molar-refractivity contribution in [3.8, 4) is 12.1 Å². The van der Waals surface area contributed by atoms with E-state index in [1.165, 1.54) is 16.8 Å². The van der Waals surface area contributed by atoms with Crippen molar-refractivity contribution in [3.05, 3.63) is 51.9 Å². The van der Waals surface area contributed by atoms with Gasteiger partial charge in [0.1, 0.15) is 17.2 Å². The van der Waals surface area contributed by atoms with Crippen molar-refractivity contribution in [2.75, 3.05) is 0 Å². The fraction of sp³-hybridized carbons (Fsp3) is 0. The highest BCUT2D eigenvalue weighted by Gasteiger charge is 2.23. The zero-order chi connectivity index (χ0) is 12.3. The third kappa shape index (κ3) is 2.02. The van der Waals surface area contributed by atoms with Crippen LogP contribution in [0.4, 0.5) is 0 Å². The zero-order valence-corrected chi connectivity index (χ0v) is 9.61. The van der Waals surface area contributed by atoms with Gasteiger partial charge in [-0.15, -0.1) is 0 Å². The molecule has 0 spiro atoms. The van der Waals surface area contributed by atoms with Crippen LogP contribution in [0, 0.1) is 22.7 Å². The summed E-state index contributed by atoms with van der Waals surface area (Å²) >= 11 is 1.28. The molecule has 2 rings (SSSR count). The lowest BCUT2D eigenvalue weighted by molar-refractivity contribution is 0.558. The summed E-state index contributed by atoms with van der Waals surface area (Å²) in [7, 11) is 0. The zero-order valence-electron chi connectivity index (χ0n) is 8.79. The molecule has 1 heterocycles. The first-order valence-corrected chi connectivity index (χ1v) is 5.67. The SMILES string of the molecule is N#CC(C#N)=C1SC=C(c2ccccc2)N1N. The number of allylic oxidation sites excluding steroid dienone is 1. The number of hydrazine groups is 1. The molecule has 0 radical (unpaired) electrons. The van der Waals surface area contributed by atoms with Crippen LogP contribution in [0.5, 0.6) is 0 Å². The Morgan fingerprint density at radius 2 is 1.82 bits per heavy atom. The Kier molecular flexibility index (Phi) is 3.15. The van der Waals surface area contributed by atoms with E-state index in [1.54, 1.807) is 0 Å². The molecule has 0 saturated carbocycles. The van der Waals surface area contributed by atoms with Gasteiger partial charge < -0.3 is 0 Å². The third-order valence-electron chi connectivity index (χ3n) is 2.27. The average molecular weight is 240 g/mol. The summed E-state index contributed by atoms with van der Waals surface area (Å²) in [5.74, 6) is 5.89. The van der Waals surface area contributed by atoms with Crippen LogP contribution in [0.2, 0.25) is 0 Å². The Balaban J connectivity index is 2.37. The number of thioether (sulfide) groups is 1. The molecule has 4 nitrogen and oxygen atoms in total. The standard InChI is InChI=1S/C12H8N4S/c13-6-10(7-14)12-16(15)11(8-17-12)9-4-2-1-3-5-9/h1-5,8H,15H2. The molecule has 1 aliphatic heterocycles. The summed E-state index contributed by atoms with van der Waals surface area (Å²) in [6, 6.07) is 13.3. The molecule has 0 aliphatic carbocycles. The maximum absolute atomic E-state index is 8.81. The van der Waals surface area contributed by atoms with Gasteiger partial charge in [-0.3, -0.25) is 5.01 Å². The van der Waals surface area contributed by atoms with E-state index < -0.39 is 0 Å². The molecule has 2 N–H and O–H groups in total. The number of hydrogen-bond donors (Lipinski definition) is 1. The minimum atomic E-state index is 0.0275. The number of nitrogens with two attached hydrogens (primary N) is 1. The van der Waals surface area contributed by atoms with Crippen LogP contribution >= 0.6 is 11.8 Å². The second-order valence-corrected chi connectivity index (χ2v) is 4.12. The second kappa shape index (κ2) is 4.75. The summed E-state index contributed by atoms with van der Waals surface area (Å²) in [6.07, 6.45) is 0. The molecule has 0 aromatic heterocycles. The Morgan fingerprint density at radius 3 is 2.41 bits per heavy atom. The fourth-order valence-corrected chi connectivity index (χ4v) is 2.34. The maximum Gasteiger partial charge on any atom is 0.161 e. The lowest BCUT2D eigenvalue weighted by Gasteiger charge is -2.16. The topological polar surface area (TPSA) is 76.8 Å². The van der Waals surface area contributed by atoms with Crippen LogP contribution in [0.25, 0.3) is 5.70 Å². The predicted octanol–water partition coefficient (Wildman–Crippen LogP) is 2.17. The van der Waals surface area contributed by atoms with Crippen LogP contribution in [-0.4, -0.2) is 5.01 Å². The van der Waals surface area contributed by atoms with E-state index in [0.29, 0.717) is 5.03 Å². The van der Waals surface area contributed by atoms with Crippen molar-refractivity contribution >= 4 is 17.5 Å². The molecule has 1 aromatic rings. The van der Waals surface area contributed by atoms with Gasteiger partial charge in [-0.1, -0.05) is 42.1 Å². The number of nitriles is 2. The Morgan fingerprint density at radius 1 is 1.18 bits per heavy atom. The first kappa shape index (κ1) is 11.3. The van der Waals surface area contributed by atoms with E-state index in [2.05, 4.69) is 0 Å². The smallest absolute Gasteiger partial charge is 0.161 e. The number of rotatable bonds is 1. The van der Waals surface area contributed by atoms with E-state index in [0.717, 1.165) is 11.3 Å². The van der Waals surface area contributed by atoms with Gasteiger partial charge in [0.25, 0.3) is 0 Å². The van der Waals surface area contributed by atoms with Gasteiger partial charge in [0, 0.05) is 11.0 Å². The predicted molar refractivity (Wildman–Crippen MR) is 66.3 cm³/mol. The van der Waals surface area contributed by atoms with E-state index in [1.807, 2.05) is 47.9 Å². The van der Waals surface area contributed by atoms with E-state index >= 15 is 0 Å². The van der Waals surface area contributed by atoms with Crippen molar-refractivity contribution in [1.82, 2.24) is 5.01 Å². The van der Waals surface area contributed by atoms with E-state index in [9.17, 15) is 0 Å².